The minimum atomic E-state index is -1.17. The van der Waals surface area contributed by atoms with E-state index < -0.39 is 59.9 Å². The van der Waals surface area contributed by atoms with Gasteiger partial charge in [0.2, 0.25) is 35.4 Å². The number of carbonyl (C=O) groups excluding carboxylic acids is 6. The first-order chi connectivity index (χ1) is 23.7. The fourth-order valence-corrected chi connectivity index (χ4v) is 7.68. The molecule has 1 aliphatic carbocycles. The van der Waals surface area contributed by atoms with Crippen LogP contribution in [0.4, 0.5) is 0 Å². The molecule has 5 N–H and O–H groups in total. The summed E-state index contributed by atoms with van der Waals surface area (Å²) in [6, 6.07) is -4.59. The number of carbonyl (C=O) groups is 6. The van der Waals surface area contributed by atoms with Crippen LogP contribution < -0.4 is 21.3 Å². The van der Waals surface area contributed by atoms with Crippen LogP contribution in [0.1, 0.15) is 119 Å². The van der Waals surface area contributed by atoms with E-state index in [-0.39, 0.29) is 29.6 Å². The van der Waals surface area contributed by atoms with Crippen LogP contribution in [0.5, 0.6) is 0 Å². The summed E-state index contributed by atoms with van der Waals surface area (Å²) in [6.45, 7) is 13.9. The van der Waals surface area contributed by atoms with Crippen LogP contribution in [0.2, 0.25) is 0 Å². The van der Waals surface area contributed by atoms with Gasteiger partial charge in [-0.2, -0.15) is 0 Å². The number of piperidine rings is 1. The molecule has 0 bridgehead atoms. The molecule has 13 heteroatoms. The van der Waals surface area contributed by atoms with E-state index in [1.807, 2.05) is 27.7 Å². The first-order valence-corrected chi connectivity index (χ1v) is 19.1. The molecule has 1 saturated carbocycles. The maximum atomic E-state index is 14.0. The Morgan fingerprint density at radius 1 is 0.740 bits per heavy atom. The maximum absolute atomic E-state index is 14.0. The summed E-state index contributed by atoms with van der Waals surface area (Å²) in [7, 11) is 0. The van der Waals surface area contributed by atoms with Crippen LogP contribution in [0.15, 0.2) is 0 Å². The van der Waals surface area contributed by atoms with Gasteiger partial charge in [0.15, 0.2) is 0 Å². The number of nitrogens with zero attached hydrogens (tertiary/aromatic N) is 2. The molecule has 2 heterocycles. The van der Waals surface area contributed by atoms with E-state index in [0.29, 0.717) is 57.7 Å². The van der Waals surface area contributed by atoms with E-state index >= 15 is 0 Å². The van der Waals surface area contributed by atoms with Crippen molar-refractivity contribution in [2.45, 2.75) is 155 Å². The van der Waals surface area contributed by atoms with Crippen LogP contribution in [0.25, 0.3) is 0 Å². The molecule has 50 heavy (non-hydrogen) atoms. The first-order valence-electron chi connectivity index (χ1n) is 19.1. The predicted octanol–water partition coefficient (Wildman–Crippen LogP) is 2.25. The lowest BCUT2D eigenvalue weighted by atomic mass is 9.79. The van der Waals surface area contributed by atoms with Crippen molar-refractivity contribution in [2.24, 2.45) is 23.7 Å². The first kappa shape index (κ1) is 41.2. The van der Waals surface area contributed by atoms with E-state index in [1.165, 1.54) is 31.1 Å². The standard InChI is InChI=1S/C37H64N6O7/c1-8-17-38-35(48)32(26(7)44)41-33(46)28-15-12-18-42(28)36(49)25(6)39-34(47)29-20-23(4)16-19-43(29)37(50)31(22(2)3)40-30(45)21-24(5)27-13-10-9-11-14-27/h22-29,31-32,44H,8-21H2,1-7H3,(H,38,48)(H,39,47)(H,40,45)(H,41,46)/t23?,24-,25-,26+,28-,29-,31-,32-/m0/s1. The second-order valence-electron chi connectivity index (χ2n) is 15.5. The van der Waals surface area contributed by atoms with Gasteiger partial charge in [0.05, 0.1) is 6.10 Å². The van der Waals surface area contributed by atoms with Crippen molar-refractivity contribution in [3.63, 3.8) is 0 Å². The SMILES string of the molecule is CCCNC(=O)[C@@H](NC(=O)[C@@H]1CCCN1C(=O)[C@H](C)NC(=O)[C@@H]1CC(C)CCN1C(=O)[C@@H](NC(=O)C[C@H](C)C1CCCCC1)C(C)C)[C@@H](C)O. The molecule has 0 aromatic carbocycles. The summed E-state index contributed by atoms with van der Waals surface area (Å²) in [5.41, 5.74) is 0. The van der Waals surface area contributed by atoms with Gasteiger partial charge >= 0.3 is 0 Å². The Kier molecular flexibility index (Phi) is 16.0. The molecule has 0 aromatic heterocycles. The summed E-state index contributed by atoms with van der Waals surface area (Å²) < 4.78 is 0. The number of amides is 6. The molecule has 6 amide bonds. The van der Waals surface area contributed by atoms with E-state index in [0.717, 1.165) is 19.3 Å². The lowest BCUT2D eigenvalue weighted by Gasteiger charge is -2.40. The Balaban J connectivity index is 1.65. The topological polar surface area (TPSA) is 177 Å². The Morgan fingerprint density at radius 2 is 1.38 bits per heavy atom. The highest BCUT2D eigenvalue weighted by Gasteiger charge is 2.42. The minimum absolute atomic E-state index is 0.147. The lowest BCUT2D eigenvalue weighted by Crippen LogP contribution is -2.61. The molecule has 0 radical (unpaired) electrons. The molecular formula is C37H64N6O7. The molecule has 284 valence electrons. The minimum Gasteiger partial charge on any atom is -0.391 e. The van der Waals surface area contributed by atoms with Gasteiger partial charge in [0.1, 0.15) is 30.2 Å². The fraction of sp³-hybridized carbons (Fsp3) is 0.838. The quantitative estimate of drug-likeness (QED) is 0.174. The second kappa shape index (κ2) is 19.4. The van der Waals surface area contributed by atoms with Crippen LogP contribution in [-0.2, 0) is 28.8 Å². The molecule has 0 aromatic rings. The average Bonchev–Trinajstić information content (AvgIpc) is 3.58. The van der Waals surface area contributed by atoms with Crippen LogP contribution >= 0.6 is 0 Å². The monoisotopic (exact) mass is 704 g/mol. The summed E-state index contributed by atoms with van der Waals surface area (Å²) in [6.07, 6.45) is 7.92. The van der Waals surface area contributed by atoms with Crippen LogP contribution in [-0.4, -0.2) is 106 Å². The molecule has 2 saturated heterocycles. The largest absolute Gasteiger partial charge is 0.391 e. The van der Waals surface area contributed by atoms with Gasteiger partial charge in [-0.25, -0.2) is 0 Å². The second-order valence-corrected chi connectivity index (χ2v) is 15.5. The summed E-state index contributed by atoms with van der Waals surface area (Å²) >= 11 is 0. The van der Waals surface area contributed by atoms with Gasteiger partial charge in [0, 0.05) is 26.1 Å². The maximum Gasteiger partial charge on any atom is 0.246 e. The number of aliphatic hydroxyl groups excluding tert-OH is 1. The van der Waals surface area contributed by atoms with Crippen molar-refractivity contribution in [3.8, 4) is 0 Å². The fourth-order valence-electron chi connectivity index (χ4n) is 7.68. The molecule has 3 aliphatic rings. The number of aliphatic hydroxyl groups is 1. The van der Waals surface area contributed by atoms with E-state index in [9.17, 15) is 33.9 Å². The highest BCUT2D eigenvalue weighted by atomic mass is 16.3. The van der Waals surface area contributed by atoms with Crippen molar-refractivity contribution in [1.82, 2.24) is 31.1 Å². The van der Waals surface area contributed by atoms with Gasteiger partial charge in [0.25, 0.3) is 0 Å². The Hall–Kier alpha value is -3.22. The average molecular weight is 705 g/mol. The Bertz CT molecular complexity index is 1190. The Labute approximate surface area is 298 Å². The summed E-state index contributed by atoms with van der Waals surface area (Å²) in [4.78, 5) is 83.5. The van der Waals surface area contributed by atoms with Crippen LogP contribution in [0.3, 0.4) is 0 Å². The predicted molar refractivity (Wildman–Crippen MR) is 190 cm³/mol. The number of rotatable bonds is 15. The van der Waals surface area contributed by atoms with E-state index in [4.69, 9.17) is 0 Å². The molecule has 2 aliphatic heterocycles. The molecule has 1 unspecified atom stereocenters. The smallest absolute Gasteiger partial charge is 0.246 e. The van der Waals surface area contributed by atoms with Crippen molar-refractivity contribution in [1.29, 1.82) is 0 Å². The Morgan fingerprint density at radius 3 is 2.00 bits per heavy atom. The molecule has 3 fully saturated rings. The zero-order valence-corrected chi connectivity index (χ0v) is 31.5. The lowest BCUT2D eigenvalue weighted by molar-refractivity contribution is -0.148. The van der Waals surface area contributed by atoms with Crippen molar-refractivity contribution >= 4 is 35.4 Å². The molecule has 13 nitrogen and oxygen atoms in total. The molecular weight excluding hydrogens is 640 g/mol. The van der Waals surface area contributed by atoms with E-state index in [1.54, 1.807) is 11.8 Å². The zero-order chi connectivity index (χ0) is 37.1. The normalized spacial score (nSPS) is 24.5. The molecule has 8 atom stereocenters. The third-order valence-corrected chi connectivity index (χ3v) is 10.8. The highest BCUT2D eigenvalue weighted by molar-refractivity contribution is 5.96. The third kappa shape index (κ3) is 11.1. The third-order valence-electron chi connectivity index (χ3n) is 10.8. The highest BCUT2D eigenvalue weighted by Crippen LogP contribution is 2.32. The number of hydrogen-bond acceptors (Lipinski definition) is 7. The van der Waals surface area contributed by atoms with Crippen molar-refractivity contribution < 1.29 is 33.9 Å². The number of nitrogens with one attached hydrogen (secondary N) is 4. The number of hydrogen-bond donors (Lipinski definition) is 5. The summed E-state index contributed by atoms with van der Waals surface area (Å²) in [5, 5.41) is 21.3. The van der Waals surface area contributed by atoms with Gasteiger partial charge in [-0.3, -0.25) is 28.8 Å². The van der Waals surface area contributed by atoms with Gasteiger partial charge in [-0.1, -0.05) is 66.7 Å². The van der Waals surface area contributed by atoms with Gasteiger partial charge < -0.3 is 36.2 Å². The van der Waals surface area contributed by atoms with Gasteiger partial charge in [-0.15, -0.1) is 0 Å². The van der Waals surface area contributed by atoms with Gasteiger partial charge in [-0.05, 0) is 69.6 Å². The van der Waals surface area contributed by atoms with Crippen LogP contribution in [0, 0.1) is 23.7 Å². The molecule has 3 rings (SSSR count). The van der Waals surface area contributed by atoms with Crippen molar-refractivity contribution in [2.75, 3.05) is 19.6 Å². The molecule has 0 spiro atoms. The van der Waals surface area contributed by atoms with E-state index in [2.05, 4.69) is 28.2 Å². The summed E-state index contributed by atoms with van der Waals surface area (Å²) in [5.74, 6) is -1.64. The zero-order valence-electron chi connectivity index (χ0n) is 31.5. The van der Waals surface area contributed by atoms with Crippen molar-refractivity contribution in [3.05, 3.63) is 0 Å². The number of likely N-dealkylation sites (tertiary alicyclic amines) is 2.